The van der Waals surface area contributed by atoms with Crippen molar-refractivity contribution in [2.75, 3.05) is 27.3 Å². The second-order valence-electron chi connectivity index (χ2n) is 5.25. The van der Waals surface area contributed by atoms with Gasteiger partial charge in [0, 0.05) is 6.54 Å². The molecule has 3 N–H and O–H groups in total. The molecule has 0 aliphatic carbocycles. The average Bonchev–Trinajstić information content (AvgIpc) is 2.58. The monoisotopic (exact) mass is 317 g/mol. The summed E-state index contributed by atoms with van der Waals surface area (Å²) in [6.45, 7) is 1.15. The number of hydrogen-bond acceptors (Lipinski definition) is 5. The quantitative estimate of drug-likeness (QED) is 0.652. The van der Waals surface area contributed by atoms with Crippen molar-refractivity contribution in [3.05, 3.63) is 53.6 Å². The van der Waals surface area contributed by atoms with Crippen LogP contribution in [0.15, 0.2) is 42.5 Å². The van der Waals surface area contributed by atoms with E-state index in [2.05, 4.69) is 5.32 Å². The number of aliphatic hydroxyl groups excluding tert-OH is 1. The summed E-state index contributed by atoms with van der Waals surface area (Å²) in [5.41, 5.74) is 1.82. The molecule has 0 amide bonds. The average molecular weight is 317 g/mol. The van der Waals surface area contributed by atoms with E-state index in [4.69, 9.17) is 9.47 Å². The van der Waals surface area contributed by atoms with E-state index in [1.807, 2.05) is 18.2 Å². The van der Waals surface area contributed by atoms with Gasteiger partial charge >= 0.3 is 0 Å². The van der Waals surface area contributed by atoms with Gasteiger partial charge in [-0.15, -0.1) is 0 Å². The second-order valence-corrected chi connectivity index (χ2v) is 5.25. The molecule has 124 valence electrons. The SMILES string of the molecule is COc1ccc(CCNCC(O)c2cccc(O)c2)cc1OC. The van der Waals surface area contributed by atoms with Gasteiger partial charge in [-0.3, -0.25) is 0 Å². The maximum atomic E-state index is 10.1. The molecule has 0 bridgehead atoms. The highest BCUT2D eigenvalue weighted by Crippen LogP contribution is 2.27. The van der Waals surface area contributed by atoms with Crippen LogP contribution in [0.25, 0.3) is 0 Å². The van der Waals surface area contributed by atoms with E-state index < -0.39 is 6.10 Å². The number of methoxy groups -OCH3 is 2. The van der Waals surface area contributed by atoms with E-state index in [0.717, 1.165) is 18.5 Å². The minimum Gasteiger partial charge on any atom is -0.508 e. The third-order valence-corrected chi connectivity index (χ3v) is 3.63. The van der Waals surface area contributed by atoms with Crippen LogP contribution in [-0.4, -0.2) is 37.5 Å². The highest BCUT2D eigenvalue weighted by molar-refractivity contribution is 5.42. The number of phenolic OH excluding ortho intramolecular Hbond substituents is 1. The highest BCUT2D eigenvalue weighted by Gasteiger charge is 2.08. The van der Waals surface area contributed by atoms with Crippen molar-refractivity contribution in [1.82, 2.24) is 5.32 Å². The van der Waals surface area contributed by atoms with Gasteiger partial charge < -0.3 is 25.0 Å². The van der Waals surface area contributed by atoms with E-state index in [1.54, 1.807) is 38.5 Å². The third-order valence-electron chi connectivity index (χ3n) is 3.63. The van der Waals surface area contributed by atoms with Crippen molar-refractivity contribution in [3.8, 4) is 17.2 Å². The summed E-state index contributed by atoms with van der Waals surface area (Å²) < 4.78 is 10.5. The Morgan fingerprint density at radius 1 is 1.04 bits per heavy atom. The van der Waals surface area contributed by atoms with Gasteiger partial charge in [0.15, 0.2) is 11.5 Å². The van der Waals surface area contributed by atoms with Crippen LogP contribution in [0.5, 0.6) is 17.2 Å². The number of benzene rings is 2. The number of phenols is 1. The van der Waals surface area contributed by atoms with E-state index in [-0.39, 0.29) is 5.75 Å². The molecule has 0 saturated carbocycles. The minimum atomic E-state index is -0.646. The molecule has 0 radical (unpaired) electrons. The van der Waals surface area contributed by atoms with Gasteiger partial charge in [-0.05, 0) is 48.4 Å². The Labute approximate surface area is 136 Å². The number of hydrogen-bond donors (Lipinski definition) is 3. The molecule has 0 saturated heterocycles. The van der Waals surface area contributed by atoms with Crippen molar-refractivity contribution < 1.29 is 19.7 Å². The van der Waals surface area contributed by atoms with Crippen LogP contribution in [0.4, 0.5) is 0 Å². The third kappa shape index (κ3) is 4.87. The fraction of sp³-hybridized carbons (Fsp3) is 0.333. The maximum absolute atomic E-state index is 10.1. The van der Waals surface area contributed by atoms with Gasteiger partial charge in [0.05, 0.1) is 20.3 Å². The fourth-order valence-electron chi connectivity index (χ4n) is 2.36. The molecule has 1 unspecified atom stereocenters. The predicted molar refractivity (Wildman–Crippen MR) is 89.2 cm³/mol. The van der Waals surface area contributed by atoms with E-state index >= 15 is 0 Å². The van der Waals surface area contributed by atoms with E-state index in [9.17, 15) is 10.2 Å². The van der Waals surface area contributed by atoms with Gasteiger partial charge in [-0.25, -0.2) is 0 Å². The Morgan fingerprint density at radius 3 is 2.52 bits per heavy atom. The zero-order chi connectivity index (χ0) is 16.7. The molecule has 5 nitrogen and oxygen atoms in total. The lowest BCUT2D eigenvalue weighted by Gasteiger charge is -2.13. The topological polar surface area (TPSA) is 71.0 Å². The van der Waals surface area contributed by atoms with Crippen LogP contribution in [0.1, 0.15) is 17.2 Å². The normalized spacial score (nSPS) is 12.0. The molecule has 2 aromatic rings. The first-order valence-corrected chi connectivity index (χ1v) is 7.52. The first kappa shape index (κ1) is 17.1. The number of rotatable bonds is 8. The summed E-state index contributed by atoms with van der Waals surface area (Å²) in [6, 6.07) is 12.5. The van der Waals surface area contributed by atoms with Crippen molar-refractivity contribution in [1.29, 1.82) is 0 Å². The van der Waals surface area contributed by atoms with E-state index in [0.29, 0.717) is 23.6 Å². The molecule has 1 atom stereocenters. The molecule has 2 aromatic carbocycles. The van der Waals surface area contributed by atoms with Crippen molar-refractivity contribution in [2.45, 2.75) is 12.5 Å². The molecule has 0 aliphatic heterocycles. The molecule has 0 fully saturated rings. The zero-order valence-electron chi connectivity index (χ0n) is 13.5. The number of aromatic hydroxyl groups is 1. The van der Waals surface area contributed by atoms with Crippen molar-refractivity contribution in [3.63, 3.8) is 0 Å². The second kappa shape index (κ2) is 8.41. The highest BCUT2D eigenvalue weighted by atomic mass is 16.5. The van der Waals surface area contributed by atoms with Gasteiger partial charge in [0.1, 0.15) is 5.75 Å². The Morgan fingerprint density at radius 2 is 1.83 bits per heavy atom. The Balaban J connectivity index is 1.81. The van der Waals surface area contributed by atoms with Crippen LogP contribution in [0.2, 0.25) is 0 Å². The van der Waals surface area contributed by atoms with Gasteiger partial charge in [0.25, 0.3) is 0 Å². The number of ether oxygens (including phenoxy) is 2. The predicted octanol–water partition coefficient (Wildman–Crippen LogP) is 2.28. The molecular weight excluding hydrogens is 294 g/mol. The zero-order valence-corrected chi connectivity index (χ0v) is 13.5. The Hall–Kier alpha value is -2.24. The Bertz CT molecular complexity index is 630. The molecule has 0 aliphatic rings. The largest absolute Gasteiger partial charge is 0.508 e. The lowest BCUT2D eigenvalue weighted by molar-refractivity contribution is 0.174. The molecule has 23 heavy (non-hydrogen) atoms. The van der Waals surface area contributed by atoms with Crippen molar-refractivity contribution in [2.24, 2.45) is 0 Å². The lowest BCUT2D eigenvalue weighted by Crippen LogP contribution is -2.23. The first-order valence-electron chi connectivity index (χ1n) is 7.52. The minimum absolute atomic E-state index is 0.159. The van der Waals surface area contributed by atoms with Gasteiger partial charge in [0.2, 0.25) is 0 Å². The van der Waals surface area contributed by atoms with Crippen LogP contribution in [-0.2, 0) is 6.42 Å². The molecule has 2 rings (SSSR count). The molecule has 0 spiro atoms. The van der Waals surface area contributed by atoms with E-state index in [1.165, 1.54) is 0 Å². The summed E-state index contributed by atoms with van der Waals surface area (Å²) in [5.74, 6) is 1.58. The van der Waals surface area contributed by atoms with Crippen LogP contribution in [0.3, 0.4) is 0 Å². The number of nitrogens with one attached hydrogen (secondary N) is 1. The summed E-state index contributed by atoms with van der Waals surface area (Å²) in [6.07, 6.45) is 0.167. The standard InChI is InChI=1S/C18H23NO4/c1-22-17-7-6-13(10-18(17)23-2)8-9-19-12-16(21)14-4-3-5-15(20)11-14/h3-7,10-11,16,19-21H,8-9,12H2,1-2H3. The van der Waals surface area contributed by atoms with Crippen LogP contribution in [0, 0.1) is 0 Å². The summed E-state index contributed by atoms with van der Waals surface area (Å²) in [4.78, 5) is 0. The maximum Gasteiger partial charge on any atom is 0.160 e. The molecule has 5 heteroatoms. The fourth-order valence-corrected chi connectivity index (χ4v) is 2.36. The Kier molecular flexibility index (Phi) is 6.26. The summed E-state index contributed by atoms with van der Waals surface area (Å²) in [7, 11) is 3.23. The van der Waals surface area contributed by atoms with Crippen molar-refractivity contribution >= 4 is 0 Å². The summed E-state index contributed by atoms with van der Waals surface area (Å²) in [5, 5.41) is 22.7. The smallest absolute Gasteiger partial charge is 0.160 e. The van der Waals surface area contributed by atoms with Crippen LogP contribution < -0.4 is 14.8 Å². The number of aliphatic hydroxyl groups is 1. The molecule has 0 heterocycles. The van der Waals surface area contributed by atoms with Crippen LogP contribution >= 0.6 is 0 Å². The first-order chi connectivity index (χ1) is 11.1. The lowest BCUT2D eigenvalue weighted by atomic mass is 10.1. The van der Waals surface area contributed by atoms with Gasteiger partial charge in [-0.2, -0.15) is 0 Å². The molecular formula is C18H23NO4. The van der Waals surface area contributed by atoms with Gasteiger partial charge in [-0.1, -0.05) is 18.2 Å². The molecule has 0 aromatic heterocycles. The summed E-state index contributed by atoms with van der Waals surface area (Å²) >= 11 is 0.